The molecule has 2 N–H and O–H groups in total. The lowest BCUT2D eigenvalue weighted by molar-refractivity contribution is -0.125. The van der Waals surface area contributed by atoms with Gasteiger partial charge in [0.25, 0.3) is 5.91 Å². The van der Waals surface area contributed by atoms with Gasteiger partial charge in [-0.3, -0.25) is 9.59 Å². The van der Waals surface area contributed by atoms with Crippen LogP contribution in [0.1, 0.15) is 49.4 Å². The molecule has 1 aliphatic carbocycles. The van der Waals surface area contributed by atoms with E-state index in [1.807, 2.05) is 25.1 Å². The highest BCUT2D eigenvalue weighted by atomic mass is 16.2. The van der Waals surface area contributed by atoms with Crippen molar-refractivity contribution in [2.24, 2.45) is 5.92 Å². The van der Waals surface area contributed by atoms with Crippen LogP contribution >= 0.6 is 0 Å². The summed E-state index contributed by atoms with van der Waals surface area (Å²) in [7, 11) is 0. The van der Waals surface area contributed by atoms with Crippen molar-refractivity contribution in [3.63, 3.8) is 0 Å². The molecule has 2 unspecified atom stereocenters. The van der Waals surface area contributed by atoms with Crippen LogP contribution in [-0.2, 0) is 4.79 Å². The molecule has 4 nitrogen and oxygen atoms in total. The SMILES string of the molecule is CCNC(=O)C1CCCCCC1NC(=O)c1ccccc1. The maximum atomic E-state index is 12.3. The Kier molecular flexibility index (Phi) is 5.78. The molecule has 1 aromatic carbocycles. The number of benzene rings is 1. The van der Waals surface area contributed by atoms with Gasteiger partial charge in [-0.05, 0) is 31.9 Å². The Morgan fingerprint density at radius 2 is 1.81 bits per heavy atom. The molecule has 1 fully saturated rings. The second-order valence-electron chi connectivity index (χ2n) is 5.59. The normalized spacial score (nSPS) is 22.1. The Bertz CT molecular complexity index is 473. The fourth-order valence-corrected chi connectivity index (χ4v) is 2.94. The summed E-state index contributed by atoms with van der Waals surface area (Å²) >= 11 is 0. The Labute approximate surface area is 126 Å². The first-order valence-electron chi connectivity index (χ1n) is 7.86. The van der Waals surface area contributed by atoms with E-state index in [0.29, 0.717) is 12.1 Å². The monoisotopic (exact) mass is 288 g/mol. The molecule has 2 atom stereocenters. The second kappa shape index (κ2) is 7.81. The molecule has 2 rings (SSSR count). The molecular formula is C17H24N2O2. The zero-order chi connectivity index (χ0) is 15.1. The summed E-state index contributed by atoms with van der Waals surface area (Å²) < 4.78 is 0. The molecule has 1 aromatic rings. The van der Waals surface area contributed by atoms with Crippen LogP contribution in [0.25, 0.3) is 0 Å². The third-order valence-electron chi connectivity index (χ3n) is 4.06. The van der Waals surface area contributed by atoms with Gasteiger partial charge in [0.05, 0.1) is 5.92 Å². The predicted octanol–water partition coefficient (Wildman–Crippen LogP) is 2.50. The predicted molar refractivity (Wildman–Crippen MR) is 83.0 cm³/mol. The van der Waals surface area contributed by atoms with E-state index in [-0.39, 0.29) is 23.8 Å². The number of carbonyl (C=O) groups is 2. The zero-order valence-corrected chi connectivity index (χ0v) is 12.6. The first-order valence-corrected chi connectivity index (χ1v) is 7.86. The summed E-state index contributed by atoms with van der Waals surface area (Å²) in [6.45, 7) is 2.56. The highest BCUT2D eigenvalue weighted by Crippen LogP contribution is 2.24. The van der Waals surface area contributed by atoms with E-state index >= 15 is 0 Å². The van der Waals surface area contributed by atoms with Crippen LogP contribution in [0, 0.1) is 5.92 Å². The van der Waals surface area contributed by atoms with Crippen LogP contribution in [0.5, 0.6) is 0 Å². The summed E-state index contributed by atoms with van der Waals surface area (Å²) in [5.74, 6) is -0.130. The van der Waals surface area contributed by atoms with Crippen molar-refractivity contribution >= 4 is 11.8 Å². The third kappa shape index (κ3) is 4.31. The van der Waals surface area contributed by atoms with Crippen LogP contribution in [-0.4, -0.2) is 24.4 Å². The molecule has 1 aliphatic rings. The fraction of sp³-hybridized carbons (Fsp3) is 0.529. The highest BCUT2D eigenvalue weighted by molar-refractivity contribution is 5.94. The lowest BCUT2D eigenvalue weighted by Crippen LogP contribution is -2.46. The molecule has 0 aromatic heterocycles. The molecule has 0 heterocycles. The number of rotatable bonds is 4. The third-order valence-corrected chi connectivity index (χ3v) is 4.06. The molecule has 0 bridgehead atoms. The van der Waals surface area contributed by atoms with Gasteiger partial charge in [-0.1, -0.05) is 37.5 Å². The van der Waals surface area contributed by atoms with Gasteiger partial charge in [-0.2, -0.15) is 0 Å². The topological polar surface area (TPSA) is 58.2 Å². The van der Waals surface area contributed by atoms with Crippen LogP contribution in [0.3, 0.4) is 0 Å². The summed E-state index contributed by atoms with van der Waals surface area (Å²) in [5, 5.41) is 5.96. The van der Waals surface area contributed by atoms with Gasteiger partial charge in [-0.15, -0.1) is 0 Å². The van der Waals surface area contributed by atoms with Crippen LogP contribution in [0.15, 0.2) is 30.3 Å². The zero-order valence-electron chi connectivity index (χ0n) is 12.6. The highest BCUT2D eigenvalue weighted by Gasteiger charge is 2.30. The van der Waals surface area contributed by atoms with Crippen molar-refractivity contribution < 1.29 is 9.59 Å². The Balaban J connectivity index is 2.06. The summed E-state index contributed by atoms with van der Waals surface area (Å²) in [6, 6.07) is 9.12. The summed E-state index contributed by atoms with van der Waals surface area (Å²) in [5.41, 5.74) is 0.649. The minimum Gasteiger partial charge on any atom is -0.356 e. The number of nitrogens with one attached hydrogen (secondary N) is 2. The van der Waals surface area contributed by atoms with Gasteiger partial charge in [0, 0.05) is 18.2 Å². The van der Waals surface area contributed by atoms with Crippen LogP contribution in [0.4, 0.5) is 0 Å². The average Bonchev–Trinajstić information content (AvgIpc) is 2.74. The summed E-state index contributed by atoms with van der Waals surface area (Å²) in [6.07, 6.45) is 4.98. The number of hydrogen-bond donors (Lipinski definition) is 2. The molecule has 2 amide bonds. The first-order chi connectivity index (χ1) is 10.2. The smallest absolute Gasteiger partial charge is 0.251 e. The lowest BCUT2D eigenvalue weighted by atomic mass is 9.93. The number of amides is 2. The standard InChI is InChI=1S/C17H24N2O2/c1-2-18-17(21)14-11-7-4-8-12-15(14)19-16(20)13-9-5-3-6-10-13/h3,5-6,9-10,14-15H,2,4,7-8,11-12H2,1H3,(H,18,21)(H,19,20). The van der Waals surface area contributed by atoms with Crippen molar-refractivity contribution in [1.29, 1.82) is 0 Å². The molecule has 4 heteroatoms. The number of hydrogen-bond acceptors (Lipinski definition) is 2. The quantitative estimate of drug-likeness (QED) is 0.836. The minimum atomic E-state index is -0.111. The molecule has 0 spiro atoms. The van der Waals surface area contributed by atoms with Gasteiger partial charge in [-0.25, -0.2) is 0 Å². The van der Waals surface area contributed by atoms with E-state index in [9.17, 15) is 9.59 Å². The Morgan fingerprint density at radius 3 is 2.52 bits per heavy atom. The first kappa shape index (κ1) is 15.5. The molecule has 114 valence electrons. The van der Waals surface area contributed by atoms with Gasteiger partial charge in [0.1, 0.15) is 0 Å². The Hall–Kier alpha value is -1.84. The van der Waals surface area contributed by atoms with Gasteiger partial charge in [0.2, 0.25) is 5.91 Å². The van der Waals surface area contributed by atoms with Gasteiger partial charge < -0.3 is 10.6 Å². The van der Waals surface area contributed by atoms with Gasteiger partial charge >= 0.3 is 0 Å². The van der Waals surface area contributed by atoms with Crippen LogP contribution in [0.2, 0.25) is 0 Å². The summed E-state index contributed by atoms with van der Waals surface area (Å²) in [4.78, 5) is 24.5. The van der Waals surface area contributed by atoms with E-state index in [1.54, 1.807) is 12.1 Å². The van der Waals surface area contributed by atoms with Crippen molar-refractivity contribution in [3.05, 3.63) is 35.9 Å². The maximum Gasteiger partial charge on any atom is 0.251 e. The van der Waals surface area contributed by atoms with E-state index in [1.165, 1.54) is 0 Å². The van der Waals surface area contributed by atoms with Crippen molar-refractivity contribution in [3.8, 4) is 0 Å². The molecule has 0 radical (unpaired) electrons. The maximum absolute atomic E-state index is 12.3. The largest absolute Gasteiger partial charge is 0.356 e. The average molecular weight is 288 g/mol. The van der Waals surface area contributed by atoms with Crippen molar-refractivity contribution in [2.75, 3.05) is 6.54 Å². The van der Waals surface area contributed by atoms with Crippen molar-refractivity contribution in [2.45, 2.75) is 45.1 Å². The molecule has 0 saturated heterocycles. The number of carbonyl (C=O) groups excluding carboxylic acids is 2. The minimum absolute atomic E-state index is 0.0632. The molecule has 0 aliphatic heterocycles. The molecule has 1 saturated carbocycles. The van der Waals surface area contributed by atoms with E-state index in [0.717, 1.165) is 32.1 Å². The lowest BCUT2D eigenvalue weighted by Gasteiger charge is -2.25. The van der Waals surface area contributed by atoms with Crippen LogP contribution < -0.4 is 10.6 Å². The van der Waals surface area contributed by atoms with E-state index in [2.05, 4.69) is 10.6 Å². The van der Waals surface area contributed by atoms with Gasteiger partial charge in [0.15, 0.2) is 0 Å². The Morgan fingerprint density at radius 1 is 1.10 bits per heavy atom. The van der Waals surface area contributed by atoms with E-state index < -0.39 is 0 Å². The second-order valence-corrected chi connectivity index (χ2v) is 5.59. The molecular weight excluding hydrogens is 264 g/mol. The fourth-order valence-electron chi connectivity index (χ4n) is 2.94. The van der Waals surface area contributed by atoms with Crippen molar-refractivity contribution in [1.82, 2.24) is 10.6 Å². The molecule has 21 heavy (non-hydrogen) atoms. The van der Waals surface area contributed by atoms with E-state index in [4.69, 9.17) is 0 Å².